The Morgan fingerprint density at radius 2 is 0.978 bits per heavy atom. The number of hydrogen-bond donors (Lipinski definition) is 0. The van der Waals surface area contributed by atoms with E-state index in [1.807, 2.05) is 11.3 Å². The smallest absolute Gasteiger partial charge is 0.0440 e. The van der Waals surface area contributed by atoms with E-state index in [4.69, 9.17) is 0 Å². The summed E-state index contributed by atoms with van der Waals surface area (Å²) in [6.45, 7) is 4.75. The zero-order valence-electron chi connectivity index (χ0n) is 25.8. The average molecular weight is 603 g/mol. The van der Waals surface area contributed by atoms with Gasteiger partial charge >= 0.3 is 0 Å². The first-order chi connectivity index (χ1) is 22.6. The van der Waals surface area contributed by atoms with Crippen molar-refractivity contribution in [2.24, 2.45) is 0 Å². The molecule has 0 spiro atoms. The summed E-state index contributed by atoms with van der Waals surface area (Å²) in [5, 5.41) is 10.5. The molecule has 9 aromatic rings. The van der Waals surface area contributed by atoms with E-state index in [1.54, 1.807) is 0 Å². The number of hydrogen-bond acceptors (Lipinski definition) is 1. The van der Waals surface area contributed by atoms with Gasteiger partial charge in [0.2, 0.25) is 0 Å². The molecule has 0 aliphatic heterocycles. The van der Waals surface area contributed by atoms with Crippen molar-refractivity contribution in [2.45, 2.75) is 19.3 Å². The van der Waals surface area contributed by atoms with Gasteiger partial charge < -0.3 is 0 Å². The van der Waals surface area contributed by atoms with Crippen LogP contribution in [0.4, 0.5) is 0 Å². The lowest BCUT2D eigenvalue weighted by atomic mass is 9.80. The van der Waals surface area contributed by atoms with Crippen LogP contribution in [0.3, 0.4) is 0 Å². The fourth-order valence-electron chi connectivity index (χ4n) is 8.34. The molecule has 0 saturated heterocycles. The molecule has 0 nitrogen and oxygen atoms in total. The van der Waals surface area contributed by atoms with Crippen molar-refractivity contribution in [3.05, 3.63) is 157 Å². The van der Waals surface area contributed by atoms with Crippen molar-refractivity contribution >= 4 is 63.8 Å². The van der Waals surface area contributed by atoms with Crippen molar-refractivity contribution in [3.63, 3.8) is 0 Å². The molecule has 8 aromatic carbocycles. The molecule has 1 aliphatic rings. The van der Waals surface area contributed by atoms with Crippen LogP contribution in [0.15, 0.2) is 146 Å². The van der Waals surface area contributed by atoms with Crippen LogP contribution in [-0.2, 0) is 5.41 Å². The fraction of sp³-hybridized carbons (Fsp3) is 0.0667. The second-order valence-corrected chi connectivity index (χ2v) is 14.3. The summed E-state index contributed by atoms with van der Waals surface area (Å²) in [7, 11) is 0. The van der Waals surface area contributed by atoms with Crippen LogP contribution in [0, 0.1) is 0 Å². The molecule has 0 radical (unpaired) electrons. The van der Waals surface area contributed by atoms with Crippen molar-refractivity contribution < 1.29 is 0 Å². The molecule has 10 rings (SSSR count). The predicted octanol–water partition coefficient (Wildman–Crippen LogP) is 13.2. The Kier molecular flexibility index (Phi) is 5.31. The van der Waals surface area contributed by atoms with Crippen LogP contribution in [0.1, 0.15) is 25.0 Å². The lowest BCUT2D eigenvalue weighted by molar-refractivity contribution is 0.660. The molecular weight excluding hydrogens is 573 g/mol. The zero-order valence-corrected chi connectivity index (χ0v) is 26.6. The Bertz CT molecular complexity index is 2660. The van der Waals surface area contributed by atoms with E-state index in [2.05, 4.69) is 159 Å². The van der Waals surface area contributed by atoms with Gasteiger partial charge in [0.15, 0.2) is 0 Å². The summed E-state index contributed by atoms with van der Waals surface area (Å²) in [6.07, 6.45) is 0. The van der Waals surface area contributed by atoms with Gasteiger partial charge in [0.25, 0.3) is 0 Å². The van der Waals surface area contributed by atoms with E-state index in [-0.39, 0.29) is 5.41 Å². The van der Waals surface area contributed by atoms with Gasteiger partial charge in [-0.1, -0.05) is 141 Å². The van der Waals surface area contributed by atoms with Gasteiger partial charge in [0.05, 0.1) is 0 Å². The molecule has 0 atom stereocenters. The fourth-order valence-corrected chi connectivity index (χ4v) is 9.59. The van der Waals surface area contributed by atoms with Crippen molar-refractivity contribution in [1.82, 2.24) is 0 Å². The maximum atomic E-state index is 2.48. The third kappa shape index (κ3) is 3.44. The first-order valence-corrected chi connectivity index (χ1v) is 16.9. The summed E-state index contributed by atoms with van der Waals surface area (Å²) in [4.78, 5) is 0. The summed E-state index contributed by atoms with van der Waals surface area (Å²) in [5.74, 6) is 0. The molecule has 216 valence electrons. The average Bonchev–Trinajstić information content (AvgIpc) is 3.58. The highest BCUT2D eigenvalue weighted by Crippen LogP contribution is 2.53. The van der Waals surface area contributed by atoms with Gasteiger partial charge in [-0.15, -0.1) is 11.3 Å². The number of rotatable bonds is 2. The minimum absolute atomic E-state index is 0.0524. The predicted molar refractivity (Wildman–Crippen MR) is 200 cm³/mol. The highest BCUT2D eigenvalue weighted by Gasteiger charge is 2.35. The van der Waals surface area contributed by atoms with Crippen LogP contribution in [0.5, 0.6) is 0 Å². The molecule has 1 heterocycles. The SMILES string of the molecule is CC1(C)c2ccccc2-c2ccc(-c3c4ccccc4c(-c4c5ccccc5cc5c4sc4ccccc45)c4ccccc34)cc21. The maximum Gasteiger partial charge on any atom is 0.0440 e. The number of fused-ring (bicyclic) bond motifs is 9. The lowest BCUT2D eigenvalue weighted by Gasteiger charge is -2.23. The number of thiophene rings is 1. The van der Waals surface area contributed by atoms with Crippen molar-refractivity contribution in [3.8, 4) is 33.4 Å². The lowest BCUT2D eigenvalue weighted by Crippen LogP contribution is -2.14. The van der Waals surface area contributed by atoms with Gasteiger partial charge in [-0.3, -0.25) is 0 Å². The highest BCUT2D eigenvalue weighted by atomic mass is 32.1. The number of benzene rings is 8. The van der Waals surface area contributed by atoms with E-state index in [0.717, 1.165) is 0 Å². The Morgan fingerprint density at radius 3 is 1.72 bits per heavy atom. The monoisotopic (exact) mass is 602 g/mol. The van der Waals surface area contributed by atoms with E-state index >= 15 is 0 Å². The Hall–Kier alpha value is -5.24. The summed E-state index contributed by atoms with van der Waals surface area (Å²) in [5.41, 5.74) is 10.8. The molecule has 0 saturated carbocycles. The van der Waals surface area contributed by atoms with Gasteiger partial charge in [-0.2, -0.15) is 0 Å². The van der Waals surface area contributed by atoms with Gasteiger partial charge in [0, 0.05) is 31.2 Å². The standard InChI is InChI=1S/C45H30S/c1-45(2)38-21-11-9-15-30(38)31-24-23-28(26-39(31)45)41-33-17-5-7-19-35(33)42(36-20-8-6-18-34(36)41)43-29-14-4-3-13-27(29)25-37-32-16-10-12-22-40(32)46-44(37)43/h3-26H,1-2H3. The van der Waals surface area contributed by atoms with E-state index < -0.39 is 0 Å². The molecule has 1 heteroatoms. The normalized spacial score (nSPS) is 13.6. The summed E-state index contributed by atoms with van der Waals surface area (Å²) < 4.78 is 2.70. The molecule has 0 fully saturated rings. The van der Waals surface area contributed by atoms with Crippen LogP contribution in [0.2, 0.25) is 0 Å². The molecule has 0 unspecified atom stereocenters. The maximum absolute atomic E-state index is 2.48. The molecule has 0 N–H and O–H groups in total. The molecule has 46 heavy (non-hydrogen) atoms. The molecule has 1 aliphatic carbocycles. The quantitative estimate of drug-likeness (QED) is 0.173. The Balaban J connectivity index is 1.35. The van der Waals surface area contributed by atoms with Gasteiger partial charge in [-0.05, 0) is 89.5 Å². The molecular formula is C45H30S. The van der Waals surface area contributed by atoms with Crippen molar-refractivity contribution in [1.29, 1.82) is 0 Å². The van der Waals surface area contributed by atoms with E-state index in [0.29, 0.717) is 0 Å². The topological polar surface area (TPSA) is 0 Å². The first-order valence-electron chi connectivity index (χ1n) is 16.1. The molecule has 1 aromatic heterocycles. The van der Waals surface area contributed by atoms with Gasteiger partial charge in [0.1, 0.15) is 0 Å². The van der Waals surface area contributed by atoms with Crippen LogP contribution < -0.4 is 0 Å². The third-order valence-corrected chi connectivity index (χ3v) is 11.6. The Morgan fingerprint density at radius 1 is 0.413 bits per heavy atom. The largest absolute Gasteiger partial charge is 0.135 e. The molecule has 0 bridgehead atoms. The second-order valence-electron chi connectivity index (χ2n) is 13.2. The second kappa shape index (κ2) is 9.39. The highest BCUT2D eigenvalue weighted by molar-refractivity contribution is 7.26. The molecule has 0 amide bonds. The van der Waals surface area contributed by atoms with Crippen LogP contribution in [-0.4, -0.2) is 0 Å². The van der Waals surface area contributed by atoms with Crippen LogP contribution in [0.25, 0.3) is 85.9 Å². The first kappa shape index (κ1) is 26.0. The minimum atomic E-state index is -0.0524. The zero-order chi connectivity index (χ0) is 30.6. The van der Waals surface area contributed by atoms with E-state index in [9.17, 15) is 0 Å². The summed E-state index contributed by atoms with van der Waals surface area (Å²) >= 11 is 1.92. The summed E-state index contributed by atoms with van der Waals surface area (Å²) in [6, 6.07) is 54.5. The third-order valence-electron chi connectivity index (χ3n) is 10.4. The van der Waals surface area contributed by atoms with Gasteiger partial charge in [-0.25, -0.2) is 0 Å². The Labute approximate surface area is 272 Å². The van der Waals surface area contributed by atoms with Crippen molar-refractivity contribution in [2.75, 3.05) is 0 Å². The van der Waals surface area contributed by atoms with E-state index in [1.165, 1.54) is 97.0 Å². The van der Waals surface area contributed by atoms with Crippen LogP contribution >= 0.6 is 11.3 Å². The minimum Gasteiger partial charge on any atom is -0.135 e.